The van der Waals surface area contributed by atoms with Gasteiger partial charge in [0.1, 0.15) is 5.75 Å². The number of nitrogens with one attached hydrogen (secondary N) is 1. The molecule has 0 aliphatic heterocycles. The van der Waals surface area contributed by atoms with Gasteiger partial charge in [-0.2, -0.15) is 5.10 Å². The molecular formula is C17H21ClN2O2. The number of carbonyl (C=O) groups is 1. The molecule has 2 bridgehead atoms. The number of nitrogens with zero attached hydrogens (tertiary/aromatic N) is 1. The summed E-state index contributed by atoms with van der Waals surface area (Å²) < 4.78 is 5.39. The van der Waals surface area contributed by atoms with E-state index < -0.39 is 0 Å². The van der Waals surface area contributed by atoms with Crippen LogP contribution in [0.4, 0.5) is 0 Å². The minimum absolute atomic E-state index is 0.0465. The lowest BCUT2D eigenvalue weighted by Crippen LogP contribution is -2.28. The molecule has 2 saturated carbocycles. The molecule has 1 aromatic carbocycles. The molecule has 0 aromatic heterocycles. The zero-order valence-electron chi connectivity index (χ0n) is 12.7. The highest BCUT2D eigenvalue weighted by molar-refractivity contribution is 6.30. The Morgan fingerprint density at radius 1 is 1.32 bits per heavy atom. The van der Waals surface area contributed by atoms with Gasteiger partial charge in [-0.05, 0) is 62.3 Å². The van der Waals surface area contributed by atoms with Gasteiger partial charge in [0.25, 0.3) is 5.91 Å². The average Bonchev–Trinajstić information content (AvgIpc) is 3.15. The summed E-state index contributed by atoms with van der Waals surface area (Å²) in [5, 5.41) is 4.91. The number of hydrogen-bond acceptors (Lipinski definition) is 3. The molecule has 2 aliphatic rings. The van der Waals surface area contributed by atoms with Gasteiger partial charge in [-0.15, -0.1) is 0 Å². The first-order chi connectivity index (χ1) is 10.6. The van der Waals surface area contributed by atoms with Crippen molar-refractivity contribution < 1.29 is 9.53 Å². The Bertz CT molecular complexity index is 571. The first-order valence-electron chi connectivity index (χ1n) is 7.83. The minimum Gasteiger partial charge on any atom is -0.484 e. The van der Waals surface area contributed by atoms with Gasteiger partial charge in [0.05, 0.1) is 0 Å². The average molecular weight is 321 g/mol. The van der Waals surface area contributed by atoms with Crippen molar-refractivity contribution in [1.82, 2.24) is 5.43 Å². The van der Waals surface area contributed by atoms with Crippen LogP contribution in [0.15, 0.2) is 29.4 Å². The van der Waals surface area contributed by atoms with E-state index in [4.69, 9.17) is 16.3 Å². The second-order valence-electron chi connectivity index (χ2n) is 6.31. The van der Waals surface area contributed by atoms with Crippen LogP contribution in [0.5, 0.6) is 5.75 Å². The number of rotatable bonds is 5. The first kappa shape index (κ1) is 15.3. The van der Waals surface area contributed by atoms with Crippen molar-refractivity contribution in [3.05, 3.63) is 29.3 Å². The van der Waals surface area contributed by atoms with E-state index in [1.807, 2.05) is 6.92 Å². The highest BCUT2D eigenvalue weighted by atomic mass is 35.5. The Morgan fingerprint density at radius 3 is 2.73 bits per heavy atom. The summed E-state index contributed by atoms with van der Waals surface area (Å²) in [6, 6.07) is 6.93. The topological polar surface area (TPSA) is 50.7 Å². The predicted molar refractivity (Wildman–Crippen MR) is 87.1 cm³/mol. The smallest absolute Gasteiger partial charge is 0.277 e. The number of halogens is 1. The Labute approximate surface area is 135 Å². The summed E-state index contributed by atoms with van der Waals surface area (Å²) >= 11 is 5.80. The number of fused-ring (bicyclic) bond motifs is 2. The Kier molecular flexibility index (Phi) is 4.67. The van der Waals surface area contributed by atoms with E-state index in [2.05, 4.69) is 10.5 Å². The minimum atomic E-state index is -0.238. The molecule has 1 amide bonds. The predicted octanol–water partition coefficient (Wildman–Crippen LogP) is 3.65. The molecule has 1 aromatic rings. The molecule has 118 valence electrons. The highest BCUT2D eigenvalue weighted by Gasteiger charge is 2.40. The van der Waals surface area contributed by atoms with Gasteiger partial charge in [0, 0.05) is 16.7 Å². The standard InChI is InChI=1S/C17H21ClN2O2/c1-11(16-9-12-2-3-13(16)8-12)19-20-17(21)10-22-15-6-4-14(18)5-7-15/h4-7,12-13,16H,2-3,8-10H2,1H3,(H,20,21)/b19-11+. The number of hydrogen-bond donors (Lipinski definition) is 1. The number of carbonyl (C=O) groups excluding carboxylic acids is 1. The van der Waals surface area contributed by atoms with Crippen LogP contribution in [-0.2, 0) is 4.79 Å². The zero-order chi connectivity index (χ0) is 15.5. The Hall–Kier alpha value is -1.55. The lowest BCUT2D eigenvalue weighted by Gasteiger charge is -2.21. The molecule has 5 heteroatoms. The Morgan fingerprint density at radius 2 is 2.09 bits per heavy atom. The van der Waals surface area contributed by atoms with Gasteiger partial charge in [-0.25, -0.2) is 5.43 Å². The lowest BCUT2D eigenvalue weighted by molar-refractivity contribution is -0.123. The summed E-state index contributed by atoms with van der Waals surface area (Å²) in [5.41, 5.74) is 3.65. The highest BCUT2D eigenvalue weighted by Crippen LogP contribution is 2.48. The largest absolute Gasteiger partial charge is 0.484 e. The molecule has 0 spiro atoms. The molecule has 0 heterocycles. The summed E-state index contributed by atoms with van der Waals surface area (Å²) in [6.07, 6.45) is 5.26. The van der Waals surface area contributed by atoms with Crippen LogP contribution in [0.2, 0.25) is 5.02 Å². The van der Waals surface area contributed by atoms with Crippen LogP contribution in [0.3, 0.4) is 0 Å². The van der Waals surface area contributed by atoms with Gasteiger partial charge in [0.15, 0.2) is 6.61 Å². The second kappa shape index (κ2) is 6.69. The van der Waals surface area contributed by atoms with Crippen LogP contribution < -0.4 is 10.2 Å². The van der Waals surface area contributed by atoms with Gasteiger partial charge in [-0.1, -0.05) is 18.0 Å². The van der Waals surface area contributed by atoms with E-state index in [9.17, 15) is 4.79 Å². The van der Waals surface area contributed by atoms with Crippen molar-refractivity contribution in [2.45, 2.75) is 32.6 Å². The van der Waals surface area contributed by atoms with Gasteiger partial charge >= 0.3 is 0 Å². The van der Waals surface area contributed by atoms with E-state index in [0.717, 1.165) is 17.5 Å². The van der Waals surface area contributed by atoms with Crippen molar-refractivity contribution in [2.75, 3.05) is 6.61 Å². The summed E-state index contributed by atoms with van der Waals surface area (Å²) in [6.45, 7) is 1.97. The van der Waals surface area contributed by atoms with Crippen LogP contribution in [0, 0.1) is 17.8 Å². The van der Waals surface area contributed by atoms with Crippen molar-refractivity contribution >= 4 is 23.2 Å². The van der Waals surface area contributed by atoms with E-state index in [-0.39, 0.29) is 12.5 Å². The Balaban J connectivity index is 1.45. The van der Waals surface area contributed by atoms with Crippen molar-refractivity contribution in [1.29, 1.82) is 0 Å². The number of amides is 1. The van der Waals surface area contributed by atoms with Crippen LogP contribution >= 0.6 is 11.6 Å². The fraction of sp³-hybridized carbons (Fsp3) is 0.529. The lowest BCUT2D eigenvalue weighted by atomic mass is 9.86. The van der Waals surface area contributed by atoms with Gasteiger partial charge in [-0.3, -0.25) is 4.79 Å². The molecule has 4 nitrogen and oxygen atoms in total. The third-order valence-corrected chi connectivity index (χ3v) is 5.07. The van der Waals surface area contributed by atoms with Gasteiger partial charge < -0.3 is 4.74 Å². The number of ether oxygens (including phenoxy) is 1. The quantitative estimate of drug-likeness (QED) is 0.665. The third-order valence-electron chi connectivity index (χ3n) is 4.82. The molecule has 3 rings (SSSR count). The number of benzene rings is 1. The van der Waals surface area contributed by atoms with Crippen molar-refractivity contribution in [3.63, 3.8) is 0 Å². The van der Waals surface area contributed by atoms with Crippen LogP contribution in [0.1, 0.15) is 32.6 Å². The second-order valence-corrected chi connectivity index (χ2v) is 6.75. The summed E-state index contributed by atoms with van der Waals surface area (Å²) in [4.78, 5) is 11.8. The van der Waals surface area contributed by atoms with Crippen molar-refractivity contribution in [3.8, 4) is 5.75 Å². The first-order valence-corrected chi connectivity index (χ1v) is 8.21. The molecule has 3 atom stereocenters. The summed E-state index contributed by atoms with van der Waals surface area (Å²) in [5.74, 6) is 2.59. The van der Waals surface area contributed by atoms with E-state index in [1.54, 1.807) is 24.3 Å². The molecule has 2 fully saturated rings. The maximum Gasteiger partial charge on any atom is 0.277 e. The van der Waals surface area contributed by atoms with Crippen molar-refractivity contribution in [2.24, 2.45) is 22.9 Å². The molecule has 3 unspecified atom stereocenters. The molecule has 1 N–H and O–H groups in total. The van der Waals surface area contributed by atoms with Crippen LogP contribution in [-0.4, -0.2) is 18.2 Å². The fourth-order valence-corrected chi connectivity index (χ4v) is 3.83. The molecule has 22 heavy (non-hydrogen) atoms. The van der Waals surface area contributed by atoms with E-state index in [1.165, 1.54) is 25.7 Å². The molecule has 2 aliphatic carbocycles. The van der Waals surface area contributed by atoms with E-state index >= 15 is 0 Å². The monoisotopic (exact) mass is 320 g/mol. The summed E-state index contributed by atoms with van der Waals surface area (Å²) in [7, 11) is 0. The maximum absolute atomic E-state index is 11.8. The van der Waals surface area contributed by atoms with Crippen LogP contribution in [0.25, 0.3) is 0 Å². The van der Waals surface area contributed by atoms with E-state index in [0.29, 0.717) is 16.7 Å². The molecule has 0 radical (unpaired) electrons. The molecule has 0 saturated heterocycles. The SMILES string of the molecule is C/C(=N\NC(=O)COc1ccc(Cl)cc1)C1CC2CCC1C2. The maximum atomic E-state index is 11.8. The zero-order valence-corrected chi connectivity index (χ0v) is 13.5. The normalized spacial score (nSPS) is 27.0. The third kappa shape index (κ3) is 3.61. The number of hydrazone groups is 1. The fourth-order valence-electron chi connectivity index (χ4n) is 3.70. The van der Waals surface area contributed by atoms with Gasteiger partial charge in [0.2, 0.25) is 0 Å². The molecular weight excluding hydrogens is 300 g/mol.